The maximum atomic E-state index is 11.6. The minimum atomic E-state index is -0.972. The molecule has 88 valence electrons. The number of amides is 1. The molecule has 1 aromatic heterocycles. The minimum Gasteiger partial charge on any atom is -0.501 e. The molecule has 1 rings (SSSR count). The Hall–Kier alpha value is -1.89. The zero-order chi connectivity index (χ0) is 12.7. The molecule has 5 N–H and O–H groups in total. The molecule has 1 heterocycles. The summed E-state index contributed by atoms with van der Waals surface area (Å²) in [5.41, 5.74) is 8.65. The lowest BCUT2D eigenvalue weighted by atomic mass is 10.1. The molecule has 0 spiro atoms. The van der Waals surface area contributed by atoms with E-state index in [9.17, 15) is 14.7 Å². The molecule has 0 unspecified atom stereocenters. The molecule has 0 radical (unpaired) electrons. The number of nitrogens with zero attached hydrogens (tertiary/aromatic N) is 2. The summed E-state index contributed by atoms with van der Waals surface area (Å²) in [5.74, 6) is -1.56. The first kappa shape index (κ1) is 12.2. The summed E-state index contributed by atoms with van der Waals surface area (Å²) in [5, 5.41) is 9.40. The second kappa shape index (κ2) is 3.60. The normalized spacial score (nSPS) is 11.5. The highest BCUT2D eigenvalue weighted by Gasteiger charge is 2.25. The van der Waals surface area contributed by atoms with E-state index in [2.05, 4.69) is 4.98 Å². The number of nitrogens with two attached hydrogens (primary N) is 2. The Morgan fingerprint density at radius 2 is 2.00 bits per heavy atom. The summed E-state index contributed by atoms with van der Waals surface area (Å²) in [4.78, 5) is 26.4. The molecular formula is C9H14N4O3. The average Bonchev–Trinajstić information content (AvgIpc) is 2.11. The van der Waals surface area contributed by atoms with Crippen LogP contribution in [0.25, 0.3) is 0 Å². The molecule has 1 aromatic rings. The van der Waals surface area contributed by atoms with Gasteiger partial charge in [-0.1, -0.05) is 0 Å². The Balaban J connectivity index is 3.68. The third-order valence-corrected chi connectivity index (χ3v) is 2.08. The molecule has 0 aliphatic carbocycles. The van der Waals surface area contributed by atoms with Crippen LogP contribution < -0.4 is 17.0 Å². The predicted octanol–water partition coefficient (Wildman–Crippen LogP) is -1.22. The van der Waals surface area contributed by atoms with Crippen LogP contribution in [0.4, 0.5) is 0 Å². The Labute approximate surface area is 91.7 Å². The predicted molar refractivity (Wildman–Crippen MR) is 56.9 cm³/mol. The Morgan fingerprint density at radius 1 is 1.50 bits per heavy atom. The second-order valence-corrected chi connectivity index (χ2v) is 4.08. The zero-order valence-corrected chi connectivity index (χ0v) is 9.31. The van der Waals surface area contributed by atoms with Gasteiger partial charge in [-0.2, -0.15) is 0 Å². The SMILES string of the molecule is Cn1c(C(C)(C)N)nc(C(N)=O)c(O)c1=O. The fourth-order valence-corrected chi connectivity index (χ4v) is 1.34. The third-order valence-electron chi connectivity index (χ3n) is 2.08. The van der Waals surface area contributed by atoms with Crippen LogP contribution in [0.1, 0.15) is 30.2 Å². The van der Waals surface area contributed by atoms with Crippen molar-refractivity contribution in [2.75, 3.05) is 0 Å². The molecule has 0 aromatic carbocycles. The summed E-state index contributed by atoms with van der Waals surface area (Å²) in [6.45, 7) is 3.24. The molecule has 0 aliphatic rings. The Morgan fingerprint density at radius 3 is 2.38 bits per heavy atom. The molecule has 7 heteroatoms. The van der Waals surface area contributed by atoms with E-state index in [4.69, 9.17) is 11.5 Å². The standard InChI is InChI=1S/C9H14N4O3/c1-9(2,11)8-12-4(6(10)15)5(14)7(16)13(8)3/h14H,11H2,1-3H3,(H2,10,15). The van der Waals surface area contributed by atoms with Gasteiger partial charge in [-0.15, -0.1) is 0 Å². The monoisotopic (exact) mass is 226 g/mol. The number of primary amides is 1. The van der Waals surface area contributed by atoms with Crippen LogP contribution in [0, 0.1) is 0 Å². The van der Waals surface area contributed by atoms with Crippen molar-refractivity contribution in [3.8, 4) is 5.75 Å². The molecule has 16 heavy (non-hydrogen) atoms. The van der Waals surface area contributed by atoms with Crippen molar-refractivity contribution < 1.29 is 9.90 Å². The van der Waals surface area contributed by atoms with E-state index >= 15 is 0 Å². The lowest BCUT2D eigenvalue weighted by Crippen LogP contribution is -2.39. The highest BCUT2D eigenvalue weighted by atomic mass is 16.3. The van der Waals surface area contributed by atoms with Crippen molar-refractivity contribution in [1.82, 2.24) is 9.55 Å². The van der Waals surface area contributed by atoms with Crippen LogP contribution in [0.2, 0.25) is 0 Å². The first-order valence-corrected chi connectivity index (χ1v) is 4.55. The van der Waals surface area contributed by atoms with Crippen molar-refractivity contribution in [2.24, 2.45) is 18.5 Å². The summed E-state index contributed by atoms with van der Waals surface area (Å²) in [7, 11) is 1.41. The number of rotatable bonds is 2. The van der Waals surface area contributed by atoms with E-state index in [1.165, 1.54) is 7.05 Å². The number of carbonyl (C=O) groups is 1. The van der Waals surface area contributed by atoms with Crippen LogP contribution in [0.15, 0.2) is 4.79 Å². The van der Waals surface area contributed by atoms with Gasteiger partial charge in [0, 0.05) is 7.05 Å². The third kappa shape index (κ3) is 1.89. The summed E-state index contributed by atoms with van der Waals surface area (Å²) in [6.07, 6.45) is 0. The lowest BCUT2D eigenvalue weighted by Gasteiger charge is -2.21. The van der Waals surface area contributed by atoms with Crippen LogP contribution in [-0.2, 0) is 12.6 Å². The smallest absolute Gasteiger partial charge is 0.296 e. The maximum Gasteiger partial charge on any atom is 0.296 e. The number of aromatic hydroxyl groups is 1. The molecule has 0 saturated carbocycles. The van der Waals surface area contributed by atoms with E-state index in [-0.39, 0.29) is 5.82 Å². The van der Waals surface area contributed by atoms with Gasteiger partial charge in [0.2, 0.25) is 5.75 Å². The molecule has 0 aliphatic heterocycles. The summed E-state index contributed by atoms with van der Waals surface area (Å²) in [6, 6.07) is 0. The Kier molecular flexibility index (Phi) is 2.74. The highest BCUT2D eigenvalue weighted by Crippen LogP contribution is 2.16. The quantitative estimate of drug-likeness (QED) is 0.583. The van der Waals surface area contributed by atoms with Crippen molar-refractivity contribution in [3.05, 3.63) is 21.9 Å². The van der Waals surface area contributed by atoms with Crippen molar-refractivity contribution in [2.45, 2.75) is 19.4 Å². The molecular weight excluding hydrogens is 212 g/mol. The van der Waals surface area contributed by atoms with Gasteiger partial charge >= 0.3 is 0 Å². The fourth-order valence-electron chi connectivity index (χ4n) is 1.34. The number of carbonyl (C=O) groups excluding carboxylic acids is 1. The van der Waals surface area contributed by atoms with Gasteiger partial charge < -0.3 is 16.6 Å². The maximum absolute atomic E-state index is 11.6. The zero-order valence-electron chi connectivity index (χ0n) is 9.31. The summed E-state index contributed by atoms with van der Waals surface area (Å²) < 4.78 is 1.09. The topological polar surface area (TPSA) is 124 Å². The van der Waals surface area contributed by atoms with Crippen LogP contribution in [0.5, 0.6) is 5.75 Å². The molecule has 0 atom stereocenters. The van der Waals surface area contributed by atoms with E-state index < -0.39 is 28.4 Å². The number of hydrogen-bond donors (Lipinski definition) is 3. The van der Waals surface area contributed by atoms with E-state index in [0.717, 1.165) is 4.57 Å². The number of aromatic nitrogens is 2. The average molecular weight is 226 g/mol. The summed E-state index contributed by atoms with van der Waals surface area (Å²) >= 11 is 0. The second-order valence-electron chi connectivity index (χ2n) is 4.08. The highest BCUT2D eigenvalue weighted by molar-refractivity contribution is 5.93. The van der Waals surface area contributed by atoms with Gasteiger partial charge in [0.05, 0.1) is 5.54 Å². The van der Waals surface area contributed by atoms with Crippen LogP contribution in [0.3, 0.4) is 0 Å². The number of hydrogen-bond acceptors (Lipinski definition) is 5. The molecule has 1 amide bonds. The first-order chi connectivity index (χ1) is 7.16. The fraction of sp³-hybridized carbons (Fsp3) is 0.444. The van der Waals surface area contributed by atoms with E-state index in [0.29, 0.717) is 0 Å². The van der Waals surface area contributed by atoms with E-state index in [1.54, 1.807) is 13.8 Å². The van der Waals surface area contributed by atoms with Gasteiger partial charge in [-0.05, 0) is 13.8 Å². The van der Waals surface area contributed by atoms with Crippen molar-refractivity contribution in [1.29, 1.82) is 0 Å². The van der Waals surface area contributed by atoms with Crippen LogP contribution in [-0.4, -0.2) is 20.6 Å². The van der Waals surface area contributed by atoms with Crippen molar-refractivity contribution in [3.63, 3.8) is 0 Å². The largest absolute Gasteiger partial charge is 0.501 e. The van der Waals surface area contributed by atoms with E-state index in [1.807, 2.05) is 0 Å². The molecule has 0 fully saturated rings. The van der Waals surface area contributed by atoms with Gasteiger partial charge in [0.25, 0.3) is 11.5 Å². The Bertz CT molecular complexity index is 499. The van der Waals surface area contributed by atoms with Gasteiger partial charge in [0.15, 0.2) is 5.69 Å². The van der Waals surface area contributed by atoms with Gasteiger partial charge in [-0.3, -0.25) is 14.2 Å². The molecule has 0 saturated heterocycles. The van der Waals surface area contributed by atoms with Gasteiger partial charge in [0.1, 0.15) is 5.82 Å². The molecule has 7 nitrogen and oxygen atoms in total. The van der Waals surface area contributed by atoms with Gasteiger partial charge in [-0.25, -0.2) is 4.98 Å². The minimum absolute atomic E-state index is 0.170. The van der Waals surface area contributed by atoms with Crippen LogP contribution >= 0.6 is 0 Å². The first-order valence-electron chi connectivity index (χ1n) is 4.55. The molecule has 0 bridgehead atoms. The van der Waals surface area contributed by atoms with Crippen molar-refractivity contribution >= 4 is 5.91 Å². The lowest BCUT2D eigenvalue weighted by molar-refractivity contribution is 0.0991.